The first-order chi connectivity index (χ1) is 13.2. The van der Waals surface area contributed by atoms with Crippen LogP contribution in [-0.2, 0) is 14.9 Å². The summed E-state index contributed by atoms with van der Waals surface area (Å²) in [5, 5.41) is -6.55. The van der Waals surface area contributed by atoms with E-state index in [2.05, 4.69) is 4.74 Å². The minimum atomic E-state index is -6.91. The highest BCUT2D eigenvalue weighted by molar-refractivity contribution is 7.86. The van der Waals surface area contributed by atoms with Crippen molar-refractivity contribution in [3.8, 4) is 0 Å². The van der Waals surface area contributed by atoms with Crippen LogP contribution in [-0.4, -0.2) is 36.4 Å². The fourth-order valence-corrected chi connectivity index (χ4v) is 6.58. The fraction of sp³-hybridized carbons (Fsp3) is 1.00. The fourth-order valence-electron chi connectivity index (χ4n) is 6.23. The van der Waals surface area contributed by atoms with Gasteiger partial charge in [-0.25, -0.2) is 4.74 Å². The second-order valence-corrected chi connectivity index (χ2v) is 11.1. The number of halogens is 8. The molecule has 4 aliphatic rings. The summed E-state index contributed by atoms with van der Waals surface area (Å²) < 4.78 is 140. The van der Waals surface area contributed by atoms with Gasteiger partial charge in [0.25, 0.3) is 0 Å². The summed E-state index contributed by atoms with van der Waals surface area (Å²) in [6, 6.07) is 0. The van der Waals surface area contributed by atoms with E-state index in [9.17, 15) is 43.5 Å². The summed E-state index contributed by atoms with van der Waals surface area (Å²) in [5.74, 6) is -4.71. The van der Waals surface area contributed by atoms with Crippen molar-refractivity contribution in [2.75, 3.05) is 0 Å². The lowest BCUT2D eigenvalue weighted by Gasteiger charge is -2.61. The first-order valence-corrected chi connectivity index (χ1v) is 10.9. The molecule has 0 heterocycles. The van der Waals surface area contributed by atoms with E-state index in [0.717, 1.165) is 19.3 Å². The first kappa shape index (κ1) is 24.0. The molecule has 4 saturated carbocycles. The van der Waals surface area contributed by atoms with Gasteiger partial charge in [-0.1, -0.05) is 6.92 Å². The Morgan fingerprint density at radius 1 is 0.933 bits per heavy atom. The molecular formula is C17H22F8O4S. The predicted octanol–water partition coefficient (Wildman–Crippen LogP) is 5.69. The number of rotatable bonds is 8. The van der Waals surface area contributed by atoms with Gasteiger partial charge in [-0.2, -0.15) is 43.5 Å². The van der Waals surface area contributed by atoms with Gasteiger partial charge in [0.15, 0.2) is 0 Å². The van der Waals surface area contributed by atoms with Crippen molar-refractivity contribution in [1.29, 1.82) is 0 Å². The maximum absolute atomic E-state index is 14.1. The Morgan fingerprint density at radius 2 is 1.43 bits per heavy atom. The van der Waals surface area contributed by atoms with E-state index >= 15 is 0 Å². The maximum Gasteiger partial charge on any atom is 0.460 e. The van der Waals surface area contributed by atoms with Crippen molar-refractivity contribution in [2.24, 2.45) is 22.7 Å². The van der Waals surface area contributed by atoms with Gasteiger partial charge in [0.05, 0.1) is 0 Å². The molecule has 13 heteroatoms. The maximum atomic E-state index is 14.1. The summed E-state index contributed by atoms with van der Waals surface area (Å²) in [5.41, 5.74) is -0.748. The van der Waals surface area contributed by atoms with E-state index in [-0.39, 0.29) is 17.3 Å². The van der Waals surface area contributed by atoms with Gasteiger partial charge in [-0.05, 0) is 67.6 Å². The van der Waals surface area contributed by atoms with E-state index in [1.54, 1.807) is 0 Å². The summed E-state index contributed by atoms with van der Waals surface area (Å²) in [4.78, 5) is 0. The Morgan fingerprint density at radius 3 is 1.87 bits per heavy atom. The molecular weight excluding hydrogens is 452 g/mol. The topological polar surface area (TPSA) is 63.6 Å². The van der Waals surface area contributed by atoms with Crippen LogP contribution in [0.4, 0.5) is 35.1 Å². The Hall–Kier alpha value is -0.690. The van der Waals surface area contributed by atoms with Crippen LogP contribution in [0, 0.1) is 22.7 Å². The van der Waals surface area contributed by atoms with Gasteiger partial charge in [-0.3, -0.25) is 4.55 Å². The number of ether oxygens (including phenoxy) is 1. The molecule has 0 aromatic carbocycles. The molecule has 4 rings (SSSR count). The van der Waals surface area contributed by atoms with Gasteiger partial charge in [0.1, 0.15) is 0 Å². The normalized spacial score (nSPS) is 35.1. The van der Waals surface area contributed by atoms with Gasteiger partial charge >= 0.3 is 33.5 Å². The average Bonchev–Trinajstić information content (AvgIpc) is 2.48. The van der Waals surface area contributed by atoms with E-state index in [4.69, 9.17) is 4.55 Å². The SMILES string of the molecule is CC12CC3CC(C1)CC(CCC(F)(F)C(F)(F)OC(F)(F)C(F)(F)S(=O)(=O)O)(C3)C2. The van der Waals surface area contributed by atoms with Crippen LogP contribution in [0.15, 0.2) is 0 Å². The molecule has 4 nitrogen and oxygen atoms in total. The minimum absolute atomic E-state index is 0.0943. The van der Waals surface area contributed by atoms with Crippen LogP contribution in [0.5, 0.6) is 0 Å². The standard InChI is InChI=1S/C17H22F8O4S/c1-12-5-10-4-11(6-12)8-13(7-10,9-12)2-3-14(18,19)15(20,21)29-16(22,23)17(24,25)30(26,27)28/h10-11H,2-9H2,1H3,(H,26,27,28). The second kappa shape index (κ2) is 6.66. The molecule has 4 bridgehead atoms. The summed E-state index contributed by atoms with van der Waals surface area (Å²) in [6.45, 7) is 2.01. The zero-order chi connectivity index (χ0) is 23.0. The highest BCUT2D eigenvalue weighted by atomic mass is 32.2. The van der Waals surface area contributed by atoms with Gasteiger partial charge in [0.2, 0.25) is 0 Å². The highest BCUT2D eigenvalue weighted by Gasteiger charge is 2.74. The number of alkyl halides is 8. The first-order valence-electron chi connectivity index (χ1n) is 9.42. The van der Waals surface area contributed by atoms with Crippen molar-refractivity contribution >= 4 is 10.1 Å². The van der Waals surface area contributed by atoms with Crippen LogP contribution in [0.1, 0.15) is 58.3 Å². The van der Waals surface area contributed by atoms with Crippen molar-refractivity contribution < 1.29 is 52.8 Å². The van der Waals surface area contributed by atoms with Gasteiger partial charge in [0, 0.05) is 6.42 Å². The van der Waals surface area contributed by atoms with E-state index in [1.165, 1.54) is 0 Å². The third kappa shape index (κ3) is 3.94. The molecule has 4 aliphatic carbocycles. The smallest absolute Gasteiger partial charge is 0.281 e. The van der Waals surface area contributed by atoms with Crippen LogP contribution < -0.4 is 0 Å². The highest BCUT2D eigenvalue weighted by Crippen LogP contribution is 2.67. The lowest BCUT2D eigenvalue weighted by molar-refractivity contribution is -0.457. The second-order valence-electron chi connectivity index (χ2n) is 9.60. The molecule has 2 unspecified atom stereocenters. The molecule has 0 spiro atoms. The Bertz CT molecular complexity index is 784. The molecule has 0 aliphatic heterocycles. The Labute approximate surface area is 168 Å². The van der Waals surface area contributed by atoms with Gasteiger partial charge in [-0.15, -0.1) is 0 Å². The third-order valence-corrected chi connectivity index (χ3v) is 7.67. The molecule has 0 amide bonds. The van der Waals surface area contributed by atoms with Crippen molar-refractivity contribution in [3.05, 3.63) is 0 Å². The van der Waals surface area contributed by atoms with Crippen LogP contribution in [0.25, 0.3) is 0 Å². The molecule has 0 radical (unpaired) electrons. The Kier molecular flexibility index (Phi) is 5.32. The van der Waals surface area contributed by atoms with Crippen molar-refractivity contribution in [1.82, 2.24) is 0 Å². The predicted molar refractivity (Wildman–Crippen MR) is 86.9 cm³/mol. The summed E-state index contributed by atoms with van der Waals surface area (Å²) in [6.07, 6.45) is -10.3. The van der Waals surface area contributed by atoms with E-state index in [0.29, 0.717) is 19.3 Å². The molecule has 0 aromatic heterocycles. The zero-order valence-corrected chi connectivity index (χ0v) is 16.7. The molecule has 2 atom stereocenters. The van der Waals surface area contributed by atoms with Crippen molar-refractivity contribution in [3.63, 3.8) is 0 Å². The van der Waals surface area contributed by atoms with Crippen LogP contribution >= 0.6 is 0 Å². The molecule has 176 valence electrons. The van der Waals surface area contributed by atoms with E-state index in [1.807, 2.05) is 6.92 Å². The molecule has 4 fully saturated rings. The third-order valence-electron chi connectivity index (χ3n) is 6.79. The molecule has 0 saturated heterocycles. The lowest BCUT2D eigenvalue weighted by Crippen LogP contribution is -2.56. The van der Waals surface area contributed by atoms with Crippen LogP contribution in [0.2, 0.25) is 0 Å². The summed E-state index contributed by atoms with van der Waals surface area (Å²) in [7, 11) is -6.91. The number of hydrogen-bond acceptors (Lipinski definition) is 3. The molecule has 30 heavy (non-hydrogen) atoms. The minimum Gasteiger partial charge on any atom is -0.281 e. The number of hydrogen-bond donors (Lipinski definition) is 1. The van der Waals surface area contributed by atoms with E-state index < -0.39 is 51.8 Å². The van der Waals surface area contributed by atoms with Crippen LogP contribution in [0.3, 0.4) is 0 Å². The Balaban J connectivity index is 1.73. The molecule has 0 aromatic rings. The summed E-state index contributed by atoms with van der Waals surface area (Å²) >= 11 is 0. The molecule has 1 N–H and O–H groups in total. The van der Waals surface area contributed by atoms with Crippen molar-refractivity contribution in [2.45, 2.75) is 81.7 Å². The lowest BCUT2D eigenvalue weighted by atomic mass is 9.44. The average molecular weight is 474 g/mol. The van der Waals surface area contributed by atoms with Gasteiger partial charge < -0.3 is 0 Å². The quantitative estimate of drug-likeness (QED) is 0.363. The zero-order valence-electron chi connectivity index (χ0n) is 15.9. The largest absolute Gasteiger partial charge is 0.460 e. The monoisotopic (exact) mass is 474 g/mol.